The summed E-state index contributed by atoms with van der Waals surface area (Å²) in [6, 6.07) is 5.51. The first-order valence-electron chi connectivity index (χ1n) is 7.46. The maximum absolute atomic E-state index is 12.3. The minimum atomic E-state index is -0.0844. The number of nitrogens with one attached hydrogen (secondary N) is 1. The summed E-state index contributed by atoms with van der Waals surface area (Å²) in [4.78, 5) is 14.1. The number of anilines is 1. The summed E-state index contributed by atoms with van der Waals surface area (Å²) in [5.74, 6) is 1.38. The molecule has 1 unspecified atom stereocenters. The van der Waals surface area contributed by atoms with Gasteiger partial charge in [0.25, 0.3) is 5.91 Å². The summed E-state index contributed by atoms with van der Waals surface area (Å²) in [5, 5.41) is 14.9. The molecule has 1 N–H and O–H groups in total. The van der Waals surface area contributed by atoms with E-state index in [1.807, 2.05) is 24.1 Å². The summed E-state index contributed by atoms with van der Waals surface area (Å²) in [7, 11) is 1.82. The first-order valence-corrected chi connectivity index (χ1v) is 7.46. The van der Waals surface area contributed by atoms with Crippen LogP contribution < -0.4 is 5.32 Å². The highest BCUT2D eigenvalue weighted by atomic mass is 16.5. The van der Waals surface area contributed by atoms with Crippen molar-refractivity contribution in [2.75, 3.05) is 25.5 Å². The van der Waals surface area contributed by atoms with Crippen LogP contribution in [0.5, 0.6) is 0 Å². The molecule has 1 amide bonds. The number of likely N-dealkylation sites (tertiary alicyclic amines) is 1. The normalized spacial score (nSPS) is 18.2. The fraction of sp³-hybridized carbons (Fsp3) is 0.467. The van der Waals surface area contributed by atoms with Gasteiger partial charge in [0.05, 0.1) is 11.9 Å². The third-order valence-corrected chi connectivity index (χ3v) is 3.93. The highest BCUT2D eigenvalue weighted by molar-refractivity contribution is 5.91. The van der Waals surface area contributed by atoms with Crippen LogP contribution in [0.1, 0.15) is 29.1 Å². The summed E-state index contributed by atoms with van der Waals surface area (Å²) in [6.45, 7) is 1.48. The van der Waals surface area contributed by atoms with Crippen LogP contribution in [0.3, 0.4) is 0 Å². The Morgan fingerprint density at radius 3 is 3.00 bits per heavy atom. The number of carbonyl (C=O) groups excluding carboxylic acids is 1. The van der Waals surface area contributed by atoms with E-state index >= 15 is 0 Å². The SMILES string of the molecule is CNc1ccc(CC2CCCN(C(=O)c3ccno3)C2)nn1. The Morgan fingerprint density at radius 2 is 2.32 bits per heavy atom. The fourth-order valence-electron chi connectivity index (χ4n) is 2.80. The maximum Gasteiger partial charge on any atom is 0.292 e. The Morgan fingerprint density at radius 1 is 1.41 bits per heavy atom. The van der Waals surface area contributed by atoms with Crippen LogP contribution >= 0.6 is 0 Å². The van der Waals surface area contributed by atoms with Crippen molar-refractivity contribution >= 4 is 11.7 Å². The third-order valence-electron chi connectivity index (χ3n) is 3.93. The molecule has 7 heteroatoms. The Hall–Kier alpha value is -2.44. The molecule has 0 saturated carbocycles. The average molecular weight is 301 g/mol. The topological polar surface area (TPSA) is 84.2 Å². The monoisotopic (exact) mass is 301 g/mol. The minimum Gasteiger partial charge on any atom is -0.372 e. The zero-order chi connectivity index (χ0) is 15.4. The van der Waals surface area contributed by atoms with Gasteiger partial charge in [-0.2, -0.15) is 5.10 Å². The molecule has 3 heterocycles. The van der Waals surface area contributed by atoms with Gasteiger partial charge in [0, 0.05) is 26.2 Å². The summed E-state index contributed by atoms with van der Waals surface area (Å²) < 4.78 is 4.96. The molecule has 0 radical (unpaired) electrons. The number of carbonyl (C=O) groups is 1. The molecule has 2 aromatic rings. The van der Waals surface area contributed by atoms with Crippen molar-refractivity contribution < 1.29 is 9.32 Å². The van der Waals surface area contributed by atoms with Gasteiger partial charge in [-0.15, -0.1) is 5.10 Å². The first-order chi connectivity index (χ1) is 10.8. The summed E-state index contributed by atoms with van der Waals surface area (Å²) >= 11 is 0. The predicted octanol–water partition coefficient (Wildman–Crippen LogP) is 1.60. The van der Waals surface area contributed by atoms with E-state index in [9.17, 15) is 4.79 Å². The molecule has 0 bridgehead atoms. The molecule has 0 aromatic carbocycles. The van der Waals surface area contributed by atoms with E-state index in [1.54, 1.807) is 6.07 Å². The molecular weight excluding hydrogens is 282 g/mol. The lowest BCUT2D eigenvalue weighted by Crippen LogP contribution is -2.40. The van der Waals surface area contributed by atoms with Crippen molar-refractivity contribution in [3.63, 3.8) is 0 Å². The number of hydrogen-bond acceptors (Lipinski definition) is 6. The third kappa shape index (κ3) is 3.24. The second kappa shape index (κ2) is 6.55. The Labute approximate surface area is 128 Å². The molecule has 116 valence electrons. The zero-order valence-corrected chi connectivity index (χ0v) is 12.5. The maximum atomic E-state index is 12.3. The first kappa shape index (κ1) is 14.5. The average Bonchev–Trinajstić information content (AvgIpc) is 3.09. The molecule has 7 nitrogen and oxygen atoms in total. The van der Waals surface area contributed by atoms with Gasteiger partial charge in [-0.3, -0.25) is 4.79 Å². The number of nitrogens with zero attached hydrogens (tertiary/aromatic N) is 4. The molecule has 1 aliphatic rings. The van der Waals surface area contributed by atoms with E-state index in [-0.39, 0.29) is 5.91 Å². The van der Waals surface area contributed by atoms with E-state index in [0.717, 1.165) is 43.9 Å². The van der Waals surface area contributed by atoms with Crippen LogP contribution in [0.15, 0.2) is 28.9 Å². The van der Waals surface area contributed by atoms with Crippen molar-refractivity contribution in [1.82, 2.24) is 20.3 Å². The largest absolute Gasteiger partial charge is 0.372 e. The van der Waals surface area contributed by atoms with E-state index in [2.05, 4.69) is 20.7 Å². The van der Waals surface area contributed by atoms with Crippen molar-refractivity contribution in [3.05, 3.63) is 35.9 Å². The van der Waals surface area contributed by atoms with E-state index < -0.39 is 0 Å². The predicted molar refractivity (Wildman–Crippen MR) is 80.4 cm³/mol. The second-order valence-corrected chi connectivity index (χ2v) is 5.50. The molecule has 0 spiro atoms. The summed E-state index contributed by atoms with van der Waals surface area (Å²) in [6.07, 6.45) is 4.41. The smallest absolute Gasteiger partial charge is 0.292 e. The molecular formula is C15H19N5O2. The lowest BCUT2D eigenvalue weighted by Gasteiger charge is -2.31. The Balaban J connectivity index is 1.61. The van der Waals surface area contributed by atoms with Crippen LogP contribution in [-0.2, 0) is 6.42 Å². The van der Waals surface area contributed by atoms with Gasteiger partial charge < -0.3 is 14.7 Å². The lowest BCUT2D eigenvalue weighted by molar-refractivity contribution is 0.0631. The van der Waals surface area contributed by atoms with Gasteiger partial charge in [0.2, 0.25) is 5.76 Å². The Kier molecular flexibility index (Phi) is 4.32. The molecule has 1 saturated heterocycles. The van der Waals surface area contributed by atoms with Crippen LogP contribution in [0, 0.1) is 5.92 Å². The number of rotatable bonds is 4. The van der Waals surface area contributed by atoms with Crippen LogP contribution in [0.4, 0.5) is 5.82 Å². The number of hydrogen-bond donors (Lipinski definition) is 1. The van der Waals surface area contributed by atoms with Crippen molar-refractivity contribution in [2.24, 2.45) is 5.92 Å². The van der Waals surface area contributed by atoms with Gasteiger partial charge in [-0.1, -0.05) is 5.16 Å². The van der Waals surface area contributed by atoms with Crippen LogP contribution in [-0.4, -0.2) is 46.3 Å². The molecule has 3 rings (SSSR count). The van der Waals surface area contributed by atoms with E-state index in [4.69, 9.17) is 4.52 Å². The zero-order valence-electron chi connectivity index (χ0n) is 12.5. The van der Waals surface area contributed by atoms with Gasteiger partial charge >= 0.3 is 0 Å². The molecule has 1 fully saturated rings. The van der Waals surface area contributed by atoms with Gasteiger partial charge in [-0.05, 0) is 37.3 Å². The van der Waals surface area contributed by atoms with Crippen molar-refractivity contribution in [3.8, 4) is 0 Å². The molecule has 2 aromatic heterocycles. The molecule has 0 aliphatic carbocycles. The Bertz CT molecular complexity index is 611. The van der Waals surface area contributed by atoms with Crippen molar-refractivity contribution in [1.29, 1.82) is 0 Å². The highest BCUT2D eigenvalue weighted by Crippen LogP contribution is 2.21. The number of piperidine rings is 1. The minimum absolute atomic E-state index is 0.0844. The van der Waals surface area contributed by atoms with Crippen LogP contribution in [0.25, 0.3) is 0 Å². The van der Waals surface area contributed by atoms with Gasteiger partial charge in [0.15, 0.2) is 0 Å². The lowest BCUT2D eigenvalue weighted by atomic mass is 9.93. The standard InChI is InChI=1S/C15H19N5O2/c1-16-14-5-4-12(18-19-14)9-11-3-2-8-20(10-11)15(21)13-6-7-17-22-13/h4-7,11H,2-3,8-10H2,1H3,(H,16,19). The molecule has 1 aliphatic heterocycles. The van der Waals surface area contributed by atoms with Crippen molar-refractivity contribution in [2.45, 2.75) is 19.3 Å². The highest BCUT2D eigenvalue weighted by Gasteiger charge is 2.26. The molecule has 1 atom stereocenters. The fourth-order valence-corrected chi connectivity index (χ4v) is 2.80. The number of aromatic nitrogens is 3. The second-order valence-electron chi connectivity index (χ2n) is 5.50. The summed E-state index contributed by atoms with van der Waals surface area (Å²) in [5.41, 5.74) is 0.956. The number of amides is 1. The van der Waals surface area contributed by atoms with Gasteiger partial charge in [-0.25, -0.2) is 0 Å². The van der Waals surface area contributed by atoms with Gasteiger partial charge in [0.1, 0.15) is 5.82 Å². The molecule has 22 heavy (non-hydrogen) atoms. The van der Waals surface area contributed by atoms with E-state index in [1.165, 1.54) is 6.20 Å². The van der Waals surface area contributed by atoms with Crippen LogP contribution in [0.2, 0.25) is 0 Å². The van der Waals surface area contributed by atoms with E-state index in [0.29, 0.717) is 11.7 Å². The quantitative estimate of drug-likeness (QED) is 0.923.